The Bertz CT molecular complexity index is 277. The van der Waals surface area contributed by atoms with Crippen molar-refractivity contribution in [1.82, 2.24) is 0 Å². The first kappa shape index (κ1) is 9.20. The molecule has 13 heavy (non-hydrogen) atoms. The maximum atomic E-state index is 12.7. The van der Waals surface area contributed by atoms with Crippen molar-refractivity contribution < 1.29 is 4.39 Å². The van der Waals surface area contributed by atoms with Crippen molar-refractivity contribution in [2.45, 2.75) is 18.8 Å². The van der Waals surface area contributed by atoms with Crippen molar-refractivity contribution in [2.24, 2.45) is 5.92 Å². The molecule has 0 aromatic heterocycles. The van der Waals surface area contributed by atoms with Crippen molar-refractivity contribution >= 4 is 15.9 Å². The first-order chi connectivity index (χ1) is 6.31. The summed E-state index contributed by atoms with van der Waals surface area (Å²) in [6.07, 6.45) is 2.40. The van der Waals surface area contributed by atoms with Crippen LogP contribution in [0, 0.1) is 5.92 Å². The first-order valence-corrected chi connectivity index (χ1v) is 5.42. The molecule has 1 aliphatic carbocycles. The van der Waals surface area contributed by atoms with Gasteiger partial charge in [0.25, 0.3) is 0 Å². The number of hydrogen-bond acceptors (Lipinski definition) is 0. The van der Waals surface area contributed by atoms with E-state index >= 15 is 0 Å². The standard InChI is InChI=1S/C11H12BrF/c12-10-5-3-9(4-6-10)11(7-13)8-1-2-8/h3-6,8,11H,1-2,7H2. The summed E-state index contributed by atoms with van der Waals surface area (Å²) in [6, 6.07) is 8.01. The maximum Gasteiger partial charge on any atom is 0.0965 e. The van der Waals surface area contributed by atoms with Crippen molar-refractivity contribution in [3.05, 3.63) is 34.3 Å². The van der Waals surface area contributed by atoms with Gasteiger partial charge in [-0.1, -0.05) is 28.1 Å². The van der Waals surface area contributed by atoms with E-state index in [4.69, 9.17) is 0 Å². The molecule has 2 rings (SSSR count). The fourth-order valence-electron chi connectivity index (χ4n) is 1.70. The van der Waals surface area contributed by atoms with Gasteiger partial charge in [-0.25, -0.2) is 0 Å². The molecule has 0 radical (unpaired) electrons. The molecule has 0 heterocycles. The molecule has 0 bridgehead atoms. The number of halogens is 2. The highest BCUT2D eigenvalue weighted by Crippen LogP contribution is 2.42. The van der Waals surface area contributed by atoms with E-state index in [1.165, 1.54) is 12.8 Å². The van der Waals surface area contributed by atoms with E-state index in [-0.39, 0.29) is 12.6 Å². The summed E-state index contributed by atoms with van der Waals surface area (Å²) in [5.41, 5.74) is 1.15. The summed E-state index contributed by atoms with van der Waals surface area (Å²) in [4.78, 5) is 0. The molecule has 1 atom stereocenters. The van der Waals surface area contributed by atoms with Gasteiger partial charge in [-0.15, -0.1) is 0 Å². The summed E-state index contributed by atoms with van der Waals surface area (Å²) in [7, 11) is 0. The topological polar surface area (TPSA) is 0 Å². The van der Waals surface area contributed by atoms with E-state index in [0.717, 1.165) is 10.0 Å². The third-order valence-corrected chi connectivity index (χ3v) is 3.18. The third kappa shape index (κ3) is 2.11. The molecule has 1 aromatic carbocycles. The van der Waals surface area contributed by atoms with Gasteiger partial charge in [-0.2, -0.15) is 0 Å². The molecule has 1 unspecified atom stereocenters. The number of alkyl halides is 1. The number of hydrogen-bond donors (Lipinski definition) is 0. The Labute approximate surface area is 86.3 Å². The Hall–Kier alpha value is -0.370. The van der Waals surface area contributed by atoms with Gasteiger partial charge in [0, 0.05) is 10.4 Å². The van der Waals surface area contributed by atoms with E-state index in [1.54, 1.807) is 0 Å². The Morgan fingerprint density at radius 1 is 1.31 bits per heavy atom. The van der Waals surface area contributed by atoms with E-state index in [2.05, 4.69) is 15.9 Å². The average molecular weight is 243 g/mol. The van der Waals surface area contributed by atoms with Crippen LogP contribution >= 0.6 is 15.9 Å². The lowest BCUT2D eigenvalue weighted by Gasteiger charge is -2.11. The summed E-state index contributed by atoms with van der Waals surface area (Å²) in [5, 5.41) is 0. The zero-order chi connectivity index (χ0) is 9.26. The van der Waals surface area contributed by atoms with Gasteiger partial charge >= 0.3 is 0 Å². The van der Waals surface area contributed by atoms with Crippen LogP contribution in [0.2, 0.25) is 0 Å². The summed E-state index contributed by atoms with van der Waals surface area (Å²) < 4.78 is 13.8. The molecule has 70 valence electrons. The van der Waals surface area contributed by atoms with E-state index in [9.17, 15) is 4.39 Å². The molecule has 0 nitrogen and oxygen atoms in total. The smallest absolute Gasteiger partial charge is 0.0965 e. The fourth-order valence-corrected chi connectivity index (χ4v) is 1.96. The van der Waals surface area contributed by atoms with Crippen LogP contribution < -0.4 is 0 Å². The summed E-state index contributed by atoms with van der Waals surface area (Å²) >= 11 is 3.38. The van der Waals surface area contributed by atoms with E-state index in [1.807, 2.05) is 24.3 Å². The molecule has 2 heteroatoms. The minimum absolute atomic E-state index is 0.146. The normalized spacial score (nSPS) is 18.6. The van der Waals surface area contributed by atoms with Gasteiger partial charge in [0.15, 0.2) is 0 Å². The Kier molecular flexibility index (Phi) is 2.68. The van der Waals surface area contributed by atoms with Crippen LogP contribution in [0.1, 0.15) is 24.3 Å². The Morgan fingerprint density at radius 2 is 1.92 bits per heavy atom. The average Bonchev–Trinajstić information content (AvgIpc) is 2.93. The van der Waals surface area contributed by atoms with E-state index < -0.39 is 0 Å². The summed E-state index contributed by atoms with van der Waals surface area (Å²) in [6.45, 7) is -0.216. The molecule has 1 saturated carbocycles. The molecule has 0 amide bonds. The lowest BCUT2D eigenvalue weighted by Crippen LogP contribution is -2.02. The van der Waals surface area contributed by atoms with Gasteiger partial charge in [0.05, 0.1) is 6.67 Å². The summed E-state index contributed by atoms with van der Waals surface area (Å²) in [5.74, 6) is 0.749. The molecule has 1 aliphatic rings. The van der Waals surface area contributed by atoms with Crippen LogP contribution in [0.3, 0.4) is 0 Å². The minimum Gasteiger partial charge on any atom is -0.250 e. The second-order valence-electron chi connectivity index (χ2n) is 3.65. The highest BCUT2D eigenvalue weighted by Gasteiger charge is 2.31. The van der Waals surface area contributed by atoms with Crippen molar-refractivity contribution in [2.75, 3.05) is 6.67 Å². The van der Waals surface area contributed by atoms with Gasteiger partial charge in [0.1, 0.15) is 0 Å². The molecule has 0 aliphatic heterocycles. The monoisotopic (exact) mass is 242 g/mol. The number of rotatable bonds is 3. The maximum absolute atomic E-state index is 12.7. The SMILES string of the molecule is FCC(c1ccc(Br)cc1)C1CC1. The van der Waals surface area contributed by atoms with Crippen LogP contribution in [0.4, 0.5) is 4.39 Å². The molecule has 0 N–H and O–H groups in total. The van der Waals surface area contributed by atoms with Gasteiger partial charge in [-0.3, -0.25) is 4.39 Å². The molecule has 0 spiro atoms. The Balaban J connectivity index is 2.17. The first-order valence-electron chi connectivity index (χ1n) is 4.62. The molecular weight excluding hydrogens is 231 g/mol. The van der Waals surface area contributed by atoms with Crippen LogP contribution in [0.15, 0.2) is 28.7 Å². The second kappa shape index (κ2) is 3.79. The lowest BCUT2D eigenvalue weighted by molar-refractivity contribution is 0.404. The van der Waals surface area contributed by atoms with Crippen molar-refractivity contribution in [1.29, 1.82) is 0 Å². The van der Waals surface area contributed by atoms with Crippen molar-refractivity contribution in [3.63, 3.8) is 0 Å². The minimum atomic E-state index is -0.216. The zero-order valence-electron chi connectivity index (χ0n) is 7.34. The van der Waals surface area contributed by atoms with E-state index in [0.29, 0.717) is 5.92 Å². The molecule has 1 aromatic rings. The van der Waals surface area contributed by atoms with Gasteiger partial charge < -0.3 is 0 Å². The fraction of sp³-hybridized carbons (Fsp3) is 0.455. The Morgan fingerprint density at radius 3 is 2.38 bits per heavy atom. The highest BCUT2D eigenvalue weighted by atomic mass is 79.9. The highest BCUT2D eigenvalue weighted by molar-refractivity contribution is 9.10. The van der Waals surface area contributed by atoms with Crippen LogP contribution in [0.25, 0.3) is 0 Å². The lowest BCUT2D eigenvalue weighted by atomic mass is 9.96. The van der Waals surface area contributed by atoms with Gasteiger partial charge in [0.2, 0.25) is 0 Å². The molecule has 0 saturated heterocycles. The molecular formula is C11H12BrF. The number of benzene rings is 1. The van der Waals surface area contributed by atoms with Gasteiger partial charge in [-0.05, 0) is 36.5 Å². The predicted molar refractivity (Wildman–Crippen MR) is 55.6 cm³/mol. The van der Waals surface area contributed by atoms with Crippen LogP contribution in [-0.4, -0.2) is 6.67 Å². The second-order valence-corrected chi connectivity index (χ2v) is 4.57. The largest absolute Gasteiger partial charge is 0.250 e. The van der Waals surface area contributed by atoms with Crippen LogP contribution in [-0.2, 0) is 0 Å². The predicted octanol–water partition coefficient (Wildman–Crippen LogP) is 3.91. The third-order valence-electron chi connectivity index (χ3n) is 2.66. The zero-order valence-corrected chi connectivity index (χ0v) is 8.93. The molecule has 1 fully saturated rings. The quantitative estimate of drug-likeness (QED) is 0.754. The van der Waals surface area contributed by atoms with Crippen LogP contribution in [0.5, 0.6) is 0 Å². The van der Waals surface area contributed by atoms with Crippen molar-refractivity contribution in [3.8, 4) is 0 Å².